The molecule has 166 valence electrons. The fourth-order valence-electron chi connectivity index (χ4n) is 3.92. The van der Waals surface area contributed by atoms with Crippen molar-refractivity contribution >= 4 is 51.6 Å². The highest BCUT2D eigenvalue weighted by Gasteiger charge is 2.44. The summed E-state index contributed by atoms with van der Waals surface area (Å²) in [5, 5.41) is 9.65. The van der Waals surface area contributed by atoms with Crippen LogP contribution in [-0.4, -0.2) is 43.3 Å². The molecule has 3 amide bonds. The highest BCUT2D eigenvalue weighted by Crippen LogP contribution is 2.29. The summed E-state index contributed by atoms with van der Waals surface area (Å²) in [4.78, 5) is 45.1. The third kappa shape index (κ3) is 3.59. The van der Waals surface area contributed by atoms with Gasteiger partial charge >= 0.3 is 0 Å². The zero-order chi connectivity index (χ0) is 23.3. The Morgan fingerprint density at radius 1 is 1.03 bits per heavy atom. The number of imide groups is 1. The number of aromatic nitrogens is 3. The van der Waals surface area contributed by atoms with E-state index in [2.05, 4.69) is 15.4 Å². The minimum Gasteiger partial charge on any atom is -0.291 e. The van der Waals surface area contributed by atoms with Crippen molar-refractivity contribution in [2.45, 2.75) is 19.9 Å². The average molecular weight is 480 g/mol. The fraction of sp³-hybridized carbons (Fsp3) is 0.174. The molecule has 8 nitrogen and oxygen atoms in total. The van der Waals surface area contributed by atoms with Crippen LogP contribution in [-0.2, 0) is 4.79 Å². The Labute approximate surface area is 197 Å². The first-order valence-electron chi connectivity index (χ1n) is 10.2. The van der Waals surface area contributed by atoms with Crippen LogP contribution in [0.25, 0.3) is 16.2 Å². The molecule has 10 heteroatoms. The van der Waals surface area contributed by atoms with E-state index in [1.807, 2.05) is 17.5 Å². The van der Waals surface area contributed by atoms with Crippen molar-refractivity contribution in [3.8, 4) is 11.3 Å². The lowest BCUT2D eigenvalue weighted by molar-refractivity contribution is -0.121. The minimum atomic E-state index is -1.00. The van der Waals surface area contributed by atoms with Crippen molar-refractivity contribution in [1.82, 2.24) is 19.5 Å². The predicted molar refractivity (Wildman–Crippen MR) is 126 cm³/mol. The number of rotatable bonds is 5. The lowest BCUT2D eigenvalue weighted by Crippen LogP contribution is -2.50. The number of carbonyl (C=O) groups is 3. The molecule has 0 fully saturated rings. The Bertz CT molecular complexity index is 1370. The average Bonchev–Trinajstić information content (AvgIpc) is 3.43. The van der Waals surface area contributed by atoms with Gasteiger partial charge in [0.05, 0.1) is 16.8 Å². The standard InChI is InChI=1S/C23H18ClN5O3S/c1-12(2)18(28-20(31)15-5-3-4-6-16(15)21(28)32)19(30)25-22-26-23-29(27-22)17(11-33-23)13-7-9-14(24)10-8-13/h3-12,18H,1-2H3,(H,25,27,30). The smallest absolute Gasteiger partial charge is 0.262 e. The largest absolute Gasteiger partial charge is 0.291 e. The molecule has 0 bridgehead atoms. The van der Waals surface area contributed by atoms with Crippen molar-refractivity contribution < 1.29 is 14.4 Å². The highest BCUT2D eigenvalue weighted by atomic mass is 35.5. The molecule has 33 heavy (non-hydrogen) atoms. The number of fused-ring (bicyclic) bond motifs is 2. The van der Waals surface area contributed by atoms with Crippen LogP contribution < -0.4 is 5.32 Å². The molecular weight excluding hydrogens is 462 g/mol. The maximum absolute atomic E-state index is 13.2. The van der Waals surface area contributed by atoms with Crippen molar-refractivity contribution in [2.75, 3.05) is 5.32 Å². The highest BCUT2D eigenvalue weighted by molar-refractivity contribution is 7.15. The molecule has 0 radical (unpaired) electrons. The lowest BCUT2D eigenvalue weighted by atomic mass is 10.0. The Hall–Kier alpha value is -3.56. The number of anilines is 1. The van der Waals surface area contributed by atoms with Crippen LogP contribution in [0.3, 0.4) is 0 Å². The van der Waals surface area contributed by atoms with E-state index in [1.165, 1.54) is 11.3 Å². The minimum absolute atomic E-state index is 0.101. The third-order valence-electron chi connectivity index (χ3n) is 5.46. The van der Waals surface area contributed by atoms with Crippen molar-refractivity contribution in [1.29, 1.82) is 0 Å². The van der Waals surface area contributed by atoms with Gasteiger partial charge in [0.15, 0.2) is 0 Å². The van der Waals surface area contributed by atoms with Gasteiger partial charge in [0, 0.05) is 16.0 Å². The molecule has 1 aliphatic rings. The van der Waals surface area contributed by atoms with E-state index in [-0.39, 0.29) is 11.9 Å². The molecule has 1 N–H and O–H groups in total. The molecule has 0 spiro atoms. The molecule has 0 aliphatic carbocycles. The number of hydrogen-bond acceptors (Lipinski definition) is 6. The Morgan fingerprint density at radius 3 is 2.27 bits per heavy atom. The summed E-state index contributed by atoms with van der Waals surface area (Å²) in [7, 11) is 0. The quantitative estimate of drug-likeness (QED) is 0.429. The Balaban J connectivity index is 1.43. The van der Waals surface area contributed by atoms with E-state index in [9.17, 15) is 14.4 Å². The Morgan fingerprint density at radius 2 is 1.67 bits per heavy atom. The summed E-state index contributed by atoms with van der Waals surface area (Å²) < 4.78 is 1.63. The number of benzene rings is 2. The van der Waals surface area contributed by atoms with Crippen LogP contribution in [0.1, 0.15) is 34.6 Å². The maximum atomic E-state index is 13.2. The summed E-state index contributed by atoms with van der Waals surface area (Å²) in [6, 6.07) is 12.9. The number of nitrogens with one attached hydrogen (secondary N) is 1. The normalized spacial score (nSPS) is 14.2. The fourth-order valence-corrected chi connectivity index (χ4v) is 4.87. The van der Waals surface area contributed by atoms with Gasteiger partial charge in [0.25, 0.3) is 17.8 Å². The molecule has 5 rings (SSSR count). The molecule has 2 aromatic heterocycles. The number of halogens is 1. The van der Waals surface area contributed by atoms with Gasteiger partial charge in [-0.1, -0.05) is 49.7 Å². The van der Waals surface area contributed by atoms with Gasteiger partial charge in [-0.25, -0.2) is 4.52 Å². The van der Waals surface area contributed by atoms with E-state index >= 15 is 0 Å². The van der Waals surface area contributed by atoms with E-state index in [0.29, 0.717) is 21.1 Å². The zero-order valence-corrected chi connectivity index (χ0v) is 19.2. The van der Waals surface area contributed by atoms with Gasteiger partial charge in [-0.3, -0.25) is 24.6 Å². The van der Waals surface area contributed by atoms with E-state index in [1.54, 1.807) is 54.8 Å². The Kier molecular flexibility index (Phi) is 5.22. The van der Waals surface area contributed by atoms with E-state index < -0.39 is 23.8 Å². The van der Waals surface area contributed by atoms with Gasteiger partial charge in [0.1, 0.15) is 6.04 Å². The summed E-state index contributed by atoms with van der Waals surface area (Å²) in [5.74, 6) is -1.70. The molecule has 1 aliphatic heterocycles. The van der Waals surface area contributed by atoms with Crippen molar-refractivity contribution in [2.24, 2.45) is 5.92 Å². The molecule has 0 saturated heterocycles. The van der Waals surface area contributed by atoms with Gasteiger partial charge in [-0.05, 0) is 30.2 Å². The molecular formula is C23H18ClN5O3S. The van der Waals surface area contributed by atoms with Gasteiger partial charge in [-0.2, -0.15) is 4.98 Å². The number of thiazole rings is 1. The molecule has 2 aromatic carbocycles. The van der Waals surface area contributed by atoms with Crippen molar-refractivity contribution in [3.63, 3.8) is 0 Å². The third-order valence-corrected chi connectivity index (χ3v) is 6.53. The molecule has 4 aromatic rings. The van der Waals surface area contributed by atoms with Crippen LogP contribution >= 0.6 is 22.9 Å². The first-order valence-corrected chi connectivity index (χ1v) is 11.5. The summed E-state index contributed by atoms with van der Waals surface area (Å²) in [6.07, 6.45) is 0. The maximum Gasteiger partial charge on any atom is 0.262 e. The van der Waals surface area contributed by atoms with Crippen LogP contribution in [0.4, 0.5) is 5.95 Å². The van der Waals surface area contributed by atoms with Crippen LogP contribution in [0.2, 0.25) is 5.02 Å². The van der Waals surface area contributed by atoms with E-state index in [0.717, 1.165) is 16.2 Å². The summed E-state index contributed by atoms with van der Waals surface area (Å²) in [6.45, 7) is 3.57. The second-order valence-corrected chi connectivity index (χ2v) is 9.23. The molecule has 3 heterocycles. The van der Waals surface area contributed by atoms with Crippen molar-refractivity contribution in [3.05, 3.63) is 70.1 Å². The van der Waals surface area contributed by atoms with Gasteiger partial charge in [0.2, 0.25) is 10.9 Å². The SMILES string of the molecule is CC(C)C(C(=O)Nc1nc2scc(-c3ccc(Cl)cc3)n2n1)N1C(=O)c2ccccc2C1=O. The second-order valence-electron chi connectivity index (χ2n) is 7.96. The monoisotopic (exact) mass is 479 g/mol. The van der Waals surface area contributed by atoms with Gasteiger partial charge in [-0.15, -0.1) is 16.4 Å². The van der Waals surface area contributed by atoms with Crippen LogP contribution in [0.5, 0.6) is 0 Å². The van der Waals surface area contributed by atoms with E-state index in [4.69, 9.17) is 11.6 Å². The number of nitrogens with zero attached hydrogens (tertiary/aromatic N) is 4. The first-order chi connectivity index (χ1) is 15.8. The molecule has 1 atom stereocenters. The lowest BCUT2D eigenvalue weighted by Gasteiger charge is -2.27. The topological polar surface area (TPSA) is 96.7 Å². The number of amides is 3. The summed E-state index contributed by atoms with van der Waals surface area (Å²) in [5.41, 5.74) is 2.31. The predicted octanol–water partition coefficient (Wildman–Crippen LogP) is 4.37. The number of hydrogen-bond donors (Lipinski definition) is 1. The second kappa shape index (κ2) is 8.09. The summed E-state index contributed by atoms with van der Waals surface area (Å²) >= 11 is 7.36. The van der Waals surface area contributed by atoms with Crippen LogP contribution in [0.15, 0.2) is 53.9 Å². The zero-order valence-electron chi connectivity index (χ0n) is 17.7. The van der Waals surface area contributed by atoms with Gasteiger partial charge < -0.3 is 0 Å². The molecule has 0 saturated carbocycles. The first kappa shape index (κ1) is 21.3. The van der Waals surface area contributed by atoms with Crippen LogP contribution in [0, 0.1) is 5.92 Å². The molecule has 1 unspecified atom stereocenters. The number of carbonyl (C=O) groups excluding carboxylic acids is 3.